The molecule has 0 rings (SSSR count). The molecular weight excluding hydrogens is 110 g/mol. The summed E-state index contributed by atoms with van der Waals surface area (Å²) in [7, 11) is 0. The molecule has 4 N–H and O–H groups in total. The molecule has 0 aliphatic carbocycles. The van der Waals surface area contributed by atoms with Gasteiger partial charge >= 0.3 is 6.03 Å². The van der Waals surface area contributed by atoms with E-state index in [0.29, 0.717) is 0 Å². The van der Waals surface area contributed by atoms with E-state index in [1.54, 1.807) is 0 Å². The van der Waals surface area contributed by atoms with Gasteiger partial charge in [-0.1, -0.05) is 0 Å². The van der Waals surface area contributed by atoms with Crippen LogP contribution in [0.3, 0.4) is 0 Å². The van der Waals surface area contributed by atoms with Crippen molar-refractivity contribution in [3.63, 3.8) is 0 Å². The molecule has 5 heteroatoms. The van der Waals surface area contributed by atoms with Gasteiger partial charge in [-0.25, -0.2) is 4.79 Å². The van der Waals surface area contributed by atoms with Gasteiger partial charge in [0, 0.05) is 43.9 Å². The third kappa shape index (κ3) is 228. The van der Waals surface area contributed by atoms with Crippen molar-refractivity contribution < 1.29 is 4.79 Å². The van der Waals surface area contributed by atoms with E-state index in [1.807, 2.05) is 0 Å². The molecule has 2 amide bonds. The third-order valence-corrected chi connectivity index (χ3v) is 0. The summed E-state index contributed by atoms with van der Waals surface area (Å²) in [5, 5.41) is 0. The average Bonchev–Trinajstić information content (AvgIpc) is 0.811. The molecule has 0 fully saturated rings. The molecular formula is CH4CaN3O. The van der Waals surface area contributed by atoms with Crippen LogP contribution in [-0.4, -0.2) is 43.8 Å². The smallest absolute Gasteiger partial charge is 0.309 e. The topological polar surface area (TPSA) is 99.6 Å². The number of amides is 2. The second kappa shape index (κ2) is 9.09. The molecule has 0 heterocycles. The maximum Gasteiger partial charge on any atom is 0.309 e. The molecule has 0 atom stereocenters. The number of primary amides is 2. The van der Waals surface area contributed by atoms with E-state index >= 15 is 0 Å². The maximum atomic E-state index is 9.00. The summed E-state index contributed by atoms with van der Waals surface area (Å²) in [6, 6.07) is -0.833. The van der Waals surface area contributed by atoms with E-state index in [4.69, 9.17) is 4.79 Å². The molecule has 0 aromatic heterocycles. The Morgan fingerprint density at radius 3 is 1.33 bits per heavy atom. The van der Waals surface area contributed by atoms with E-state index in [0.717, 1.165) is 0 Å². The molecule has 6 heavy (non-hydrogen) atoms. The number of carbonyl (C=O) groups is 1. The molecule has 0 saturated carbocycles. The second-order valence-electron chi connectivity index (χ2n) is 0.402. The molecule has 0 aromatic rings. The minimum Gasteiger partial charge on any atom is -0.352 e. The van der Waals surface area contributed by atoms with Gasteiger partial charge in [-0.2, -0.15) is 0 Å². The van der Waals surface area contributed by atoms with Crippen LogP contribution in [0.5, 0.6) is 0 Å². The Hall–Kier alpha value is 0.490. The Labute approximate surface area is 65.8 Å². The zero-order valence-electron chi connectivity index (χ0n) is 3.22. The summed E-state index contributed by atoms with van der Waals surface area (Å²) in [4.78, 5) is 9.00. The zero-order valence-corrected chi connectivity index (χ0v) is 5.43. The minimum absolute atomic E-state index is 0. The summed E-state index contributed by atoms with van der Waals surface area (Å²) in [6.07, 6.45) is 0. The van der Waals surface area contributed by atoms with Crippen LogP contribution < -0.4 is 17.6 Å². The van der Waals surface area contributed by atoms with Gasteiger partial charge in [0.05, 0.1) is 0 Å². The van der Waals surface area contributed by atoms with Crippen LogP contribution in [-0.2, 0) is 0 Å². The number of nitrogens with two attached hydrogens (primary N) is 2. The van der Waals surface area contributed by atoms with Gasteiger partial charge in [0.2, 0.25) is 0 Å². The van der Waals surface area contributed by atoms with Crippen molar-refractivity contribution in [1.29, 1.82) is 0 Å². The van der Waals surface area contributed by atoms with Gasteiger partial charge in [0.15, 0.2) is 0 Å². The number of rotatable bonds is 0. The van der Waals surface area contributed by atoms with Gasteiger partial charge in [-0.3, -0.25) is 0 Å². The van der Waals surface area contributed by atoms with Gasteiger partial charge < -0.3 is 11.5 Å². The Morgan fingerprint density at radius 1 is 1.33 bits per heavy atom. The number of hydrogen-bond donors (Lipinski definition) is 2. The van der Waals surface area contributed by atoms with Crippen molar-refractivity contribution in [2.45, 2.75) is 0 Å². The second-order valence-corrected chi connectivity index (χ2v) is 0.402. The summed E-state index contributed by atoms with van der Waals surface area (Å²) in [6.45, 7) is 0. The molecule has 0 aliphatic rings. The first-order chi connectivity index (χ1) is 1.73. The Kier molecular flexibility index (Phi) is 24.3. The van der Waals surface area contributed by atoms with Crippen molar-refractivity contribution in [3.8, 4) is 0 Å². The fourth-order valence-electron chi connectivity index (χ4n) is 0. The van der Waals surface area contributed by atoms with E-state index < -0.39 is 6.03 Å². The molecule has 0 bridgehead atoms. The quantitative estimate of drug-likeness (QED) is 0.355. The predicted molar refractivity (Wildman–Crippen MR) is 21.7 cm³/mol. The number of hydrogen-bond acceptors (Lipinski definition) is 1. The zero-order chi connectivity index (χ0) is 3.58. The van der Waals surface area contributed by atoms with Crippen molar-refractivity contribution >= 4 is 43.8 Å². The monoisotopic (exact) mass is 114 g/mol. The number of carbonyl (C=O) groups excluding carboxylic acids is 1. The van der Waals surface area contributed by atoms with Crippen LogP contribution in [0.4, 0.5) is 4.79 Å². The molecule has 0 aliphatic heterocycles. The van der Waals surface area contributed by atoms with Crippen molar-refractivity contribution in [1.82, 2.24) is 6.15 Å². The van der Waals surface area contributed by atoms with Crippen LogP contribution in [0.25, 0.3) is 0 Å². The molecule has 0 unspecified atom stereocenters. The SMILES string of the molecule is NC(N)=O.[Ca].[N]. The van der Waals surface area contributed by atoms with Crippen LogP contribution in [0.2, 0.25) is 0 Å². The molecule has 0 saturated heterocycles. The van der Waals surface area contributed by atoms with E-state index in [1.165, 1.54) is 0 Å². The van der Waals surface area contributed by atoms with Gasteiger partial charge in [-0.05, 0) is 0 Å². The van der Waals surface area contributed by atoms with Gasteiger partial charge in [0.25, 0.3) is 0 Å². The van der Waals surface area contributed by atoms with Crippen LogP contribution >= 0.6 is 0 Å². The first-order valence-electron chi connectivity index (χ1n) is 0.781. The summed E-state index contributed by atoms with van der Waals surface area (Å²) in [5.74, 6) is 0. The summed E-state index contributed by atoms with van der Waals surface area (Å²) >= 11 is 0. The molecule has 0 spiro atoms. The fourth-order valence-corrected chi connectivity index (χ4v) is 0. The average molecular weight is 114 g/mol. The van der Waals surface area contributed by atoms with Crippen molar-refractivity contribution in [2.75, 3.05) is 0 Å². The Morgan fingerprint density at radius 2 is 1.33 bits per heavy atom. The first kappa shape index (κ1) is 16.1. The fraction of sp³-hybridized carbons (Fsp3) is 0. The largest absolute Gasteiger partial charge is 0.352 e. The van der Waals surface area contributed by atoms with E-state index in [-0.39, 0.29) is 43.9 Å². The molecule has 31 valence electrons. The number of urea groups is 1. The Bertz CT molecular complexity index is 33.8. The van der Waals surface area contributed by atoms with E-state index in [9.17, 15) is 0 Å². The summed E-state index contributed by atoms with van der Waals surface area (Å²) in [5.41, 5.74) is 8.50. The van der Waals surface area contributed by atoms with Gasteiger partial charge in [-0.15, -0.1) is 0 Å². The van der Waals surface area contributed by atoms with E-state index in [2.05, 4.69) is 11.5 Å². The van der Waals surface area contributed by atoms with Crippen LogP contribution in [0.1, 0.15) is 0 Å². The first-order valence-corrected chi connectivity index (χ1v) is 0.781. The molecule has 0 aromatic carbocycles. The number of nitrogens with zero attached hydrogens (tertiary/aromatic N) is 1. The third-order valence-electron chi connectivity index (χ3n) is 0. The van der Waals surface area contributed by atoms with Crippen molar-refractivity contribution in [3.05, 3.63) is 0 Å². The van der Waals surface area contributed by atoms with Crippen LogP contribution in [0.15, 0.2) is 0 Å². The molecule has 4 nitrogen and oxygen atoms in total. The van der Waals surface area contributed by atoms with Gasteiger partial charge in [0.1, 0.15) is 0 Å². The predicted octanol–water partition coefficient (Wildman–Crippen LogP) is -1.84. The molecule has 5 radical (unpaired) electrons. The minimum atomic E-state index is -0.833. The normalized spacial score (nSPS) is 4.00. The summed E-state index contributed by atoms with van der Waals surface area (Å²) < 4.78 is 0. The van der Waals surface area contributed by atoms with Crippen LogP contribution in [0, 0.1) is 0 Å². The Balaban J connectivity index is -0.0000000450. The van der Waals surface area contributed by atoms with Crippen molar-refractivity contribution in [2.24, 2.45) is 11.5 Å². The standard InChI is InChI=1S/CH4N2O.Ca.N/c2-1(3)4;;/h(H4,2,3,4);;. The maximum absolute atomic E-state index is 9.00.